The molecule has 0 saturated heterocycles. The van der Waals surface area contributed by atoms with Gasteiger partial charge in [-0.25, -0.2) is 4.39 Å². The topological polar surface area (TPSA) is 0 Å². The summed E-state index contributed by atoms with van der Waals surface area (Å²) in [6.45, 7) is 2.05. The zero-order valence-corrected chi connectivity index (χ0v) is 10.5. The molecule has 0 spiro atoms. The highest BCUT2D eigenvalue weighted by molar-refractivity contribution is 7.08. The molecule has 0 radical (unpaired) electrons. The normalized spacial score (nSPS) is 12.7. The van der Waals surface area contributed by atoms with Crippen molar-refractivity contribution in [3.63, 3.8) is 0 Å². The number of hydrogen-bond donors (Lipinski definition) is 0. The molecule has 0 nitrogen and oxygen atoms in total. The maximum absolute atomic E-state index is 13.0. The van der Waals surface area contributed by atoms with Gasteiger partial charge in [0.25, 0.3) is 0 Å². The molecule has 1 atom stereocenters. The number of rotatable bonds is 3. The summed E-state index contributed by atoms with van der Waals surface area (Å²) in [6, 6.07) is 6.61. The summed E-state index contributed by atoms with van der Waals surface area (Å²) < 4.78 is 13.0. The molecule has 1 heterocycles. The molecule has 0 fully saturated rings. The lowest BCUT2D eigenvalue weighted by molar-refractivity contribution is 0.625. The fourth-order valence-electron chi connectivity index (χ4n) is 1.67. The van der Waals surface area contributed by atoms with E-state index in [0.29, 0.717) is 6.42 Å². The van der Waals surface area contributed by atoms with Gasteiger partial charge in [-0.2, -0.15) is 11.3 Å². The Morgan fingerprint density at radius 3 is 2.81 bits per heavy atom. The van der Waals surface area contributed by atoms with Crippen molar-refractivity contribution in [1.29, 1.82) is 0 Å². The van der Waals surface area contributed by atoms with Crippen molar-refractivity contribution in [1.82, 2.24) is 0 Å². The molecule has 0 amide bonds. The molecule has 84 valence electrons. The first-order valence-electron chi connectivity index (χ1n) is 5.08. The molecule has 2 rings (SSSR count). The van der Waals surface area contributed by atoms with Crippen LogP contribution in [-0.4, -0.2) is 0 Å². The van der Waals surface area contributed by atoms with Gasteiger partial charge in [0.2, 0.25) is 0 Å². The van der Waals surface area contributed by atoms with Crippen molar-refractivity contribution >= 4 is 22.9 Å². The van der Waals surface area contributed by atoms with Gasteiger partial charge in [0, 0.05) is 0 Å². The maximum Gasteiger partial charge on any atom is 0.123 e. The highest BCUT2D eigenvalue weighted by Gasteiger charge is 2.12. The minimum absolute atomic E-state index is 0.0759. The zero-order valence-electron chi connectivity index (χ0n) is 8.91. The SMILES string of the molecule is Cc1cscc1C(Cl)Cc1cccc(F)c1. The molecule has 3 heteroatoms. The quantitative estimate of drug-likeness (QED) is 0.696. The van der Waals surface area contributed by atoms with E-state index in [9.17, 15) is 4.39 Å². The molecular weight excluding hydrogens is 243 g/mol. The van der Waals surface area contributed by atoms with Gasteiger partial charge in [0.05, 0.1) is 5.38 Å². The van der Waals surface area contributed by atoms with E-state index in [4.69, 9.17) is 11.6 Å². The van der Waals surface area contributed by atoms with E-state index in [0.717, 1.165) is 11.1 Å². The molecule has 0 aliphatic rings. The molecule has 0 aliphatic heterocycles. The minimum Gasteiger partial charge on any atom is -0.207 e. The van der Waals surface area contributed by atoms with Crippen LogP contribution in [-0.2, 0) is 6.42 Å². The van der Waals surface area contributed by atoms with Crippen LogP contribution in [0.5, 0.6) is 0 Å². The van der Waals surface area contributed by atoms with E-state index in [-0.39, 0.29) is 11.2 Å². The van der Waals surface area contributed by atoms with Gasteiger partial charge < -0.3 is 0 Å². The number of aryl methyl sites for hydroxylation is 1. The van der Waals surface area contributed by atoms with Crippen molar-refractivity contribution in [3.05, 3.63) is 57.5 Å². The van der Waals surface area contributed by atoms with Crippen LogP contribution in [0, 0.1) is 12.7 Å². The molecule has 2 aromatic rings. The van der Waals surface area contributed by atoms with Gasteiger partial charge in [-0.05, 0) is 52.9 Å². The number of alkyl halides is 1. The predicted octanol–water partition coefficient (Wildman–Crippen LogP) is 4.72. The second-order valence-corrected chi connectivity index (χ2v) is 5.08. The number of hydrogen-bond acceptors (Lipinski definition) is 1. The lowest BCUT2D eigenvalue weighted by atomic mass is 10.0. The Balaban J connectivity index is 2.14. The lowest BCUT2D eigenvalue weighted by Crippen LogP contribution is -1.96. The third-order valence-corrected chi connectivity index (χ3v) is 3.81. The summed E-state index contributed by atoms with van der Waals surface area (Å²) in [5.41, 5.74) is 3.29. The summed E-state index contributed by atoms with van der Waals surface area (Å²) in [5, 5.41) is 4.07. The minimum atomic E-state index is -0.205. The zero-order chi connectivity index (χ0) is 11.5. The molecular formula is C13H12ClFS. The maximum atomic E-state index is 13.0. The first-order valence-corrected chi connectivity index (χ1v) is 6.46. The van der Waals surface area contributed by atoms with Gasteiger partial charge in [-0.15, -0.1) is 11.6 Å². The van der Waals surface area contributed by atoms with Crippen LogP contribution in [0.3, 0.4) is 0 Å². The standard InChI is InChI=1S/C13H12ClFS/c1-9-7-16-8-12(9)13(14)6-10-3-2-4-11(15)5-10/h2-5,7-8,13H,6H2,1H3. The number of benzene rings is 1. The van der Waals surface area contributed by atoms with E-state index in [2.05, 4.69) is 10.8 Å². The van der Waals surface area contributed by atoms with Gasteiger partial charge in [0.15, 0.2) is 0 Å². The fraction of sp³-hybridized carbons (Fsp3) is 0.231. The van der Waals surface area contributed by atoms with Gasteiger partial charge in [-0.1, -0.05) is 12.1 Å². The van der Waals surface area contributed by atoms with Crippen molar-refractivity contribution < 1.29 is 4.39 Å². The smallest absolute Gasteiger partial charge is 0.123 e. The summed E-state index contributed by atoms with van der Waals surface area (Å²) in [5.74, 6) is -0.205. The van der Waals surface area contributed by atoms with Gasteiger partial charge in [0.1, 0.15) is 5.82 Å². The number of halogens is 2. The Hall–Kier alpha value is -0.860. The van der Waals surface area contributed by atoms with E-state index in [1.807, 2.05) is 13.0 Å². The third-order valence-electron chi connectivity index (χ3n) is 2.54. The van der Waals surface area contributed by atoms with Crippen molar-refractivity contribution in [2.75, 3.05) is 0 Å². The summed E-state index contributed by atoms with van der Waals surface area (Å²) >= 11 is 7.97. The second kappa shape index (κ2) is 4.98. The molecule has 1 aromatic heterocycles. The predicted molar refractivity (Wildman–Crippen MR) is 67.8 cm³/mol. The van der Waals surface area contributed by atoms with Crippen LogP contribution in [0.15, 0.2) is 35.0 Å². The summed E-state index contributed by atoms with van der Waals surface area (Å²) in [6.07, 6.45) is 0.664. The molecule has 0 saturated carbocycles. The van der Waals surface area contributed by atoms with Crippen molar-refractivity contribution in [2.45, 2.75) is 18.7 Å². The Labute approximate surface area is 104 Å². The van der Waals surface area contributed by atoms with Crippen LogP contribution in [0.1, 0.15) is 22.1 Å². The highest BCUT2D eigenvalue weighted by Crippen LogP contribution is 2.30. The Kier molecular flexibility index (Phi) is 3.62. The first kappa shape index (κ1) is 11.6. The van der Waals surface area contributed by atoms with E-state index >= 15 is 0 Å². The molecule has 1 unspecified atom stereocenters. The average molecular weight is 255 g/mol. The number of thiophene rings is 1. The molecule has 1 aromatic carbocycles. The Morgan fingerprint density at radius 2 is 2.19 bits per heavy atom. The molecule has 0 aliphatic carbocycles. The van der Waals surface area contributed by atoms with E-state index in [1.54, 1.807) is 17.4 Å². The fourth-order valence-corrected chi connectivity index (χ4v) is 3.07. The average Bonchev–Trinajstić information content (AvgIpc) is 2.64. The van der Waals surface area contributed by atoms with Crippen molar-refractivity contribution in [2.24, 2.45) is 0 Å². The Bertz CT molecular complexity index is 478. The largest absolute Gasteiger partial charge is 0.207 e. The monoisotopic (exact) mass is 254 g/mol. The molecule has 16 heavy (non-hydrogen) atoms. The van der Waals surface area contributed by atoms with Gasteiger partial charge >= 0.3 is 0 Å². The van der Waals surface area contributed by atoms with E-state index < -0.39 is 0 Å². The van der Waals surface area contributed by atoms with Crippen LogP contribution in [0.4, 0.5) is 4.39 Å². The first-order chi connectivity index (χ1) is 7.66. The third kappa shape index (κ3) is 2.63. The molecule has 0 N–H and O–H groups in total. The Morgan fingerprint density at radius 1 is 1.38 bits per heavy atom. The summed E-state index contributed by atoms with van der Waals surface area (Å²) in [4.78, 5) is 0. The molecule has 0 bridgehead atoms. The highest BCUT2D eigenvalue weighted by atomic mass is 35.5. The van der Waals surface area contributed by atoms with Gasteiger partial charge in [-0.3, -0.25) is 0 Å². The lowest BCUT2D eigenvalue weighted by Gasteiger charge is -2.09. The van der Waals surface area contributed by atoms with Crippen LogP contribution in [0.2, 0.25) is 0 Å². The van der Waals surface area contributed by atoms with Crippen molar-refractivity contribution in [3.8, 4) is 0 Å². The van der Waals surface area contributed by atoms with E-state index in [1.165, 1.54) is 17.7 Å². The van der Waals surface area contributed by atoms with Crippen LogP contribution < -0.4 is 0 Å². The summed E-state index contributed by atoms with van der Waals surface area (Å²) in [7, 11) is 0. The van der Waals surface area contributed by atoms with Crippen LogP contribution in [0.25, 0.3) is 0 Å². The van der Waals surface area contributed by atoms with Crippen LogP contribution >= 0.6 is 22.9 Å². The second-order valence-electron chi connectivity index (χ2n) is 3.81.